The molecule has 1 unspecified atom stereocenters. The Balaban J connectivity index is 0.000000160. The minimum absolute atomic E-state index is 0.132. The standard InChI is InChI=1S/C24H20F3N3O.C17H15F3N2/c25-24(26,27)18-5-3-4-15(12-18)16-7-8-20-19(13-16)22(17-9-11-30(20)14-17)23(31)29-21-6-1-2-10-28-21;18-17(19,20)13-3-1-2-11(8-13)12-4-5-16-15(9-12)21-14-6-7-22(16)10-14/h1-8,10,12-13,17,22H,9,11,14H2,(H,28,29,31);1-5,8-9,14,21H,6-7,10H2/t17-,22?;14-/m00/s1. The molecule has 9 rings (SSSR count). The topological polar surface area (TPSA) is 60.5 Å². The van der Waals surface area contributed by atoms with Crippen LogP contribution in [-0.4, -0.2) is 43.1 Å². The quantitative estimate of drug-likeness (QED) is 0.181. The Morgan fingerprint density at radius 2 is 1.30 bits per heavy atom. The van der Waals surface area contributed by atoms with Crippen molar-refractivity contribution in [1.82, 2.24) is 4.98 Å². The molecule has 0 spiro atoms. The van der Waals surface area contributed by atoms with Gasteiger partial charge in [-0.05, 0) is 107 Å². The molecule has 0 saturated carbocycles. The van der Waals surface area contributed by atoms with Crippen molar-refractivity contribution >= 4 is 28.8 Å². The number of aromatic nitrogens is 1. The molecule has 4 bridgehead atoms. The van der Waals surface area contributed by atoms with E-state index in [1.807, 2.05) is 36.4 Å². The van der Waals surface area contributed by atoms with Gasteiger partial charge in [0.2, 0.25) is 5.91 Å². The van der Waals surface area contributed by atoms with E-state index in [2.05, 4.69) is 25.4 Å². The lowest BCUT2D eigenvalue weighted by Gasteiger charge is -2.33. The van der Waals surface area contributed by atoms with Gasteiger partial charge in [0.15, 0.2) is 0 Å². The fourth-order valence-corrected chi connectivity index (χ4v) is 7.97. The van der Waals surface area contributed by atoms with Gasteiger partial charge in [0, 0.05) is 44.1 Å². The van der Waals surface area contributed by atoms with Crippen LogP contribution in [0.3, 0.4) is 0 Å². The zero-order valence-corrected chi connectivity index (χ0v) is 28.4. The lowest BCUT2D eigenvalue weighted by molar-refractivity contribution is -0.138. The zero-order chi connectivity index (χ0) is 36.9. The molecule has 53 heavy (non-hydrogen) atoms. The number of carbonyl (C=O) groups excluding carboxylic acids is 1. The van der Waals surface area contributed by atoms with Crippen LogP contribution < -0.4 is 20.4 Å². The number of hydrogen-bond donors (Lipinski definition) is 2. The van der Waals surface area contributed by atoms with Crippen molar-refractivity contribution in [3.05, 3.63) is 126 Å². The van der Waals surface area contributed by atoms with Crippen LogP contribution in [0.2, 0.25) is 0 Å². The van der Waals surface area contributed by atoms with E-state index in [0.29, 0.717) is 28.6 Å². The second kappa shape index (κ2) is 13.5. The van der Waals surface area contributed by atoms with Gasteiger partial charge >= 0.3 is 12.4 Å². The summed E-state index contributed by atoms with van der Waals surface area (Å²) in [6.45, 7) is 3.72. The number of rotatable bonds is 4. The van der Waals surface area contributed by atoms with E-state index in [1.54, 1.807) is 36.5 Å². The van der Waals surface area contributed by atoms with Gasteiger partial charge in [-0.15, -0.1) is 0 Å². The zero-order valence-electron chi connectivity index (χ0n) is 28.4. The van der Waals surface area contributed by atoms with Crippen LogP contribution in [0.4, 0.5) is 49.2 Å². The number of nitrogens with one attached hydrogen (secondary N) is 2. The molecule has 4 aromatic carbocycles. The first-order valence-electron chi connectivity index (χ1n) is 17.5. The van der Waals surface area contributed by atoms with Crippen molar-refractivity contribution < 1.29 is 31.1 Å². The summed E-state index contributed by atoms with van der Waals surface area (Å²) in [6.07, 6.45) is -5.09. The molecular formula is C41H35F6N5O. The average molecular weight is 728 g/mol. The monoisotopic (exact) mass is 727 g/mol. The van der Waals surface area contributed by atoms with Gasteiger partial charge in [-0.2, -0.15) is 26.3 Å². The highest BCUT2D eigenvalue weighted by Gasteiger charge is 2.42. The molecule has 2 fully saturated rings. The first-order valence-corrected chi connectivity index (χ1v) is 17.5. The Morgan fingerprint density at radius 1 is 0.679 bits per heavy atom. The van der Waals surface area contributed by atoms with Crippen molar-refractivity contribution in [2.75, 3.05) is 46.6 Å². The van der Waals surface area contributed by atoms with Crippen molar-refractivity contribution in [3.63, 3.8) is 0 Å². The van der Waals surface area contributed by atoms with Crippen LogP contribution in [0.25, 0.3) is 22.3 Å². The van der Waals surface area contributed by atoms with Crippen LogP contribution in [0.15, 0.2) is 109 Å². The van der Waals surface area contributed by atoms with E-state index in [-0.39, 0.29) is 17.7 Å². The molecule has 3 atom stereocenters. The number of alkyl halides is 6. The van der Waals surface area contributed by atoms with Gasteiger partial charge in [0.05, 0.1) is 28.4 Å². The number of fused-ring (bicyclic) bond motifs is 8. The number of pyridine rings is 1. The second-order valence-corrected chi connectivity index (χ2v) is 13.9. The summed E-state index contributed by atoms with van der Waals surface area (Å²) in [6, 6.07) is 28.0. The molecule has 0 aliphatic carbocycles. The predicted molar refractivity (Wildman–Crippen MR) is 194 cm³/mol. The Kier molecular flexibility index (Phi) is 8.78. The van der Waals surface area contributed by atoms with Gasteiger partial charge in [-0.25, -0.2) is 4.98 Å². The fraction of sp³-hybridized carbons (Fsp3) is 0.268. The Bertz CT molecular complexity index is 2150. The molecule has 5 aromatic rings. The van der Waals surface area contributed by atoms with Gasteiger partial charge in [-0.3, -0.25) is 4.79 Å². The van der Waals surface area contributed by atoms with Crippen LogP contribution in [0.5, 0.6) is 0 Å². The number of benzene rings is 4. The number of carbonyl (C=O) groups is 1. The van der Waals surface area contributed by atoms with Gasteiger partial charge < -0.3 is 20.4 Å². The van der Waals surface area contributed by atoms with Crippen LogP contribution >= 0.6 is 0 Å². The highest BCUT2D eigenvalue weighted by molar-refractivity contribution is 5.97. The van der Waals surface area contributed by atoms with E-state index < -0.39 is 23.5 Å². The van der Waals surface area contributed by atoms with Crippen LogP contribution in [-0.2, 0) is 17.1 Å². The smallest absolute Gasteiger partial charge is 0.379 e. The largest absolute Gasteiger partial charge is 0.416 e. The summed E-state index contributed by atoms with van der Waals surface area (Å²) in [4.78, 5) is 22.0. The van der Waals surface area contributed by atoms with Gasteiger partial charge in [0.1, 0.15) is 5.82 Å². The molecule has 6 nitrogen and oxygen atoms in total. The molecule has 272 valence electrons. The number of hydrogen-bond acceptors (Lipinski definition) is 5. The third kappa shape index (κ3) is 7.02. The molecule has 4 aliphatic heterocycles. The summed E-state index contributed by atoms with van der Waals surface area (Å²) in [7, 11) is 0. The molecular weight excluding hydrogens is 692 g/mol. The normalized spacial score (nSPS) is 19.8. The minimum atomic E-state index is -4.40. The molecule has 12 heteroatoms. The number of nitrogens with zero attached hydrogens (tertiary/aromatic N) is 3. The second-order valence-electron chi connectivity index (χ2n) is 13.9. The molecule has 2 N–H and O–H groups in total. The number of halogens is 6. The summed E-state index contributed by atoms with van der Waals surface area (Å²) < 4.78 is 78.1. The third-order valence-corrected chi connectivity index (χ3v) is 10.5. The Morgan fingerprint density at radius 3 is 1.96 bits per heavy atom. The maximum atomic E-state index is 13.2. The lowest BCUT2D eigenvalue weighted by atomic mass is 9.81. The predicted octanol–water partition coefficient (Wildman–Crippen LogP) is 9.71. The highest BCUT2D eigenvalue weighted by Crippen LogP contribution is 2.46. The Labute approximate surface area is 302 Å². The molecule has 4 aliphatic rings. The first kappa shape index (κ1) is 34.6. The summed E-state index contributed by atoms with van der Waals surface area (Å²) >= 11 is 0. The summed E-state index contributed by atoms with van der Waals surface area (Å²) in [5.74, 6) is 0.144. The lowest BCUT2D eigenvalue weighted by Crippen LogP contribution is -2.35. The van der Waals surface area contributed by atoms with Crippen molar-refractivity contribution in [1.29, 1.82) is 0 Å². The summed E-state index contributed by atoms with van der Waals surface area (Å²) in [5.41, 5.74) is 5.25. The average Bonchev–Trinajstić information content (AvgIpc) is 3.75. The molecule has 2 saturated heterocycles. The molecule has 0 radical (unpaired) electrons. The van der Waals surface area contributed by atoms with Crippen molar-refractivity contribution in [2.45, 2.75) is 37.2 Å². The van der Waals surface area contributed by atoms with E-state index in [9.17, 15) is 31.1 Å². The van der Waals surface area contributed by atoms with E-state index in [1.165, 1.54) is 18.2 Å². The highest BCUT2D eigenvalue weighted by atomic mass is 19.4. The number of amides is 1. The van der Waals surface area contributed by atoms with Crippen LogP contribution in [0, 0.1) is 5.92 Å². The molecule has 1 amide bonds. The van der Waals surface area contributed by atoms with Crippen molar-refractivity contribution in [3.8, 4) is 22.3 Å². The maximum Gasteiger partial charge on any atom is 0.416 e. The van der Waals surface area contributed by atoms with E-state index in [0.717, 1.165) is 85.4 Å². The maximum absolute atomic E-state index is 13.2. The SMILES string of the molecule is FC(F)(F)c1cccc(-c2ccc3c(c2)N[C@H]2CCN3C2)c1.O=C(Nc1ccccn1)C1c2cc(-c3cccc(C(F)(F)F)c3)ccc2N2CC[C@H]1C2. The third-order valence-electron chi connectivity index (χ3n) is 10.5. The first-order chi connectivity index (χ1) is 25.4. The molecule has 5 heterocycles. The van der Waals surface area contributed by atoms with Crippen molar-refractivity contribution in [2.24, 2.45) is 5.92 Å². The van der Waals surface area contributed by atoms with E-state index >= 15 is 0 Å². The summed E-state index contributed by atoms with van der Waals surface area (Å²) in [5, 5.41) is 6.39. The Hall–Kier alpha value is -5.52. The van der Waals surface area contributed by atoms with Gasteiger partial charge in [-0.1, -0.05) is 42.5 Å². The molecule has 1 aromatic heterocycles. The van der Waals surface area contributed by atoms with Crippen LogP contribution in [0.1, 0.15) is 35.4 Å². The fourth-order valence-electron chi connectivity index (χ4n) is 7.97. The van der Waals surface area contributed by atoms with Gasteiger partial charge in [0.25, 0.3) is 0 Å². The minimum Gasteiger partial charge on any atom is -0.379 e. The number of anilines is 4. The van der Waals surface area contributed by atoms with E-state index in [4.69, 9.17) is 0 Å².